The molecule has 23 heavy (non-hydrogen) atoms. The lowest BCUT2D eigenvalue weighted by Crippen LogP contribution is -2.11. The highest BCUT2D eigenvalue weighted by Crippen LogP contribution is 2.40. The van der Waals surface area contributed by atoms with Crippen LogP contribution in [0.1, 0.15) is 16.4 Å². The molecule has 0 spiro atoms. The van der Waals surface area contributed by atoms with Crippen LogP contribution in [0.15, 0.2) is 60.7 Å². The van der Waals surface area contributed by atoms with Crippen molar-refractivity contribution in [1.82, 2.24) is 0 Å². The van der Waals surface area contributed by atoms with E-state index in [1.165, 1.54) is 24.9 Å². The molecule has 2 aromatic carbocycles. The number of ether oxygens (including phenoxy) is 1. The van der Waals surface area contributed by atoms with E-state index in [0.29, 0.717) is 16.2 Å². The molecule has 3 nitrogen and oxygen atoms in total. The summed E-state index contributed by atoms with van der Waals surface area (Å²) in [6.45, 7) is 0. The second-order valence-electron chi connectivity index (χ2n) is 4.61. The van der Waals surface area contributed by atoms with Gasteiger partial charge < -0.3 is 4.74 Å². The molecule has 0 aliphatic rings. The molecule has 0 aromatic heterocycles. The van der Waals surface area contributed by atoms with E-state index in [0.717, 1.165) is 11.1 Å². The van der Waals surface area contributed by atoms with E-state index >= 15 is 0 Å². The molecule has 2 aromatic rings. The van der Waals surface area contributed by atoms with Gasteiger partial charge in [0.25, 0.3) is 0 Å². The van der Waals surface area contributed by atoms with E-state index in [9.17, 15) is 9.59 Å². The summed E-state index contributed by atoms with van der Waals surface area (Å²) >= 11 is 7.17. The lowest BCUT2D eigenvalue weighted by Gasteiger charge is -2.16. The van der Waals surface area contributed by atoms with Gasteiger partial charge in [0.1, 0.15) is 11.5 Å². The largest absolute Gasteiger partial charge is 0.468 e. The molecule has 0 aliphatic carbocycles. The fourth-order valence-electron chi connectivity index (χ4n) is 1.99. The molecule has 0 radical (unpaired) electrons. The van der Waals surface area contributed by atoms with Gasteiger partial charge in [0, 0.05) is 9.93 Å². The van der Waals surface area contributed by atoms with Gasteiger partial charge in [-0.3, -0.25) is 9.59 Å². The fraction of sp³-hybridized carbons (Fsp3) is 0.111. The molecule has 2 rings (SSSR count). The number of carbonyl (C=O) groups excluding carboxylic acids is 2. The SMILES string of the molecule is COC(=O)C(S/C(=C\C=O)c1ccc(Cl)cc1)c1ccccc1. The van der Waals surface area contributed by atoms with E-state index in [4.69, 9.17) is 16.3 Å². The van der Waals surface area contributed by atoms with Crippen molar-refractivity contribution in [2.24, 2.45) is 0 Å². The summed E-state index contributed by atoms with van der Waals surface area (Å²) < 4.78 is 4.90. The average Bonchev–Trinajstić information content (AvgIpc) is 2.59. The topological polar surface area (TPSA) is 43.4 Å². The van der Waals surface area contributed by atoms with Crippen LogP contribution in [0.2, 0.25) is 5.02 Å². The molecule has 0 fully saturated rings. The number of rotatable bonds is 6. The Kier molecular flexibility index (Phi) is 6.44. The highest BCUT2D eigenvalue weighted by Gasteiger charge is 2.24. The van der Waals surface area contributed by atoms with Crippen molar-refractivity contribution in [3.05, 3.63) is 76.8 Å². The molecule has 0 bridgehead atoms. The molecular weight excluding hydrogens is 332 g/mol. The molecule has 118 valence electrons. The molecule has 1 unspecified atom stereocenters. The van der Waals surface area contributed by atoms with Crippen LogP contribution in [0.5, 0.6) is 0 Å². The number of aldehydes is 1. The van der Waals surface area contributed by atoms with Crippen molar-refractivity contribution in [1.29, 1.82) is 0 Å². The Balaban J connectivity index is 2.35. The Bertz CT molecular complexity index is 696. The van der Waals surface area contributed by atoms with E-state index in [1.54, 1.807) is 12.1 Å². The zero-order valence-corrected chi connectivity index (χ0v) is 14.0. The predicted octanol–water partition coefficient (Wildman–Crippen LogP) is 4.53. The maximum absolute atomic E-state index is 12.2. The third kappa shape index (κ3) is 4.71. The van der Waals surface area contributed by atoms with Gasteiger partial charge in [-0.2, -0.15) is 0 Å². The summed E-state index contributed by atoms with van der Waals surface area (Å²) in [4.78, 5) is 23.8. The molecule has 0 saturated carbocycles. The van der Waals surface area contributed by atoms with Crippen LogP contribution < -0.4 is 0 Å². The molecule has 5 heteroatoms. The van der Waals surface area contributed by atoms with Crippen LogP contribution in [0, 0.1) is 0 Å². The van der Waals surface area contributed by atoms with E-state index < -0.39 is 5.25 Å². The Morgan fingerprint density at radius 3 is 2.35 bits per heavy atom. The van der Waals surface area contributed by atoms with Crippen molar-refractivity contribution in [3.8, 4) is 0 Å². The van der Waals surface area contributed by atoms with Gasteiger partial charge in [-0.1, -0.05) is 54.1 Å². The van der Waals surface area contributed by atoms with Crippen molar-refractivity contribution >= 4 is 40.5 Å². The first-order valence-electron chi connectivity index (χ1n) is 6.86. The van der Waals surface area contributed by atoms with Gasteiger partial charge >= 0.3 is 5.97 Å². The first kappa shape index (κ1) is 17.3. The zero-order valence-electron chi connectivity index (χ0n) is 12.4. The summed E-state index contributed by atoms with van der Waals surface area (Å²) in [6, 6.07) is 16.4. The van der Waals surface area contributed by atoms with Crippen LogP contribution in [0.3, 0.4) is 0 Å². The highest BCUT2D eigenvalue weighted by atomic mass is 35.5. The number of thioether (sulfide) groups is 1. The smallest absolute Gasteiger partial charge is 0.323 e. The Morgan fingerprint density at radius 2 is 1.78 bits per heavy atom. The molecule has 0 N–H and O–H groups in total. The Hall–Kier alpha value is -2.04. The van der Waals surface area contributed by atoms with Gasteiger partial charge in [0.15, 0.2) is 0 Å². The first-order valence-corrected chi connectivity index (χ1v) is 8.12. The number of halogens is 1. The second kappa shape index (κ2) is 8.56. The van der Waals surface area contributed by atoms with Crippen LogP contribution >= 0.6 is 23.4 Å². The number of allylic oxidation sites excluding steroid dienone is 1. The zero-order chi connectivity index (χ0) is 16.7. The van der Waals surface area contributed by atoms with Crippen molar-refractivity contribution in [2.45, 2.75) is 5.25 Å². The summed E-state index contributed by atoms with van der Waals surface area (Å²) in [6.07, 6.45) is 2.14. The standard InChI is InChI=1S/C18H15ClO3S/c1-22-18(21)17(14-5-3-2-4-6-14)23-16(11-12-20)13-7-9-15(19)10-8-13/h2-12,17H,1H3/b16-11-. The maximum atomic E-state index is 12.2. The van der Waals surface area contributed by atoms with Gasteiger partial charge in [-0.05, 0) is 29.3 Å². The number of hydrogen-bond donors (Lipinski definition) is 0. The average molecular weight is 347 g/mol. The minimum atomic E-state index is -0.553. The monoisotopic (exact) mass is 346 g/mol. The predicted molar refractivity (Wildman–Crippen MR) is 94.3 cm³/mol. The van der Waals surface area contributed by atoms with Gasteiger partial charge in [0.05, 0.1) is 7.11 Å². The van der Waals surface area contributed by atoms with Crippen LogP contribution in [0.4, 0.5) is 0 Å². The van der Waals surface area contributed by atoms with E-state index in [2.05, 4.69) is 0 Å². The molecule has 1 atom stereocenters. The number of hydrogen-bond acceptors (Lipinski definition) is 4. The molecular formula is C18H15ClO3S. The van der Waals surface area contributed by atoms with Crippen LogP contribution in [-0.2, 0) is 14.3 Å². The summed E-state index contributed by atoms with van der Waals surface area (Å²) in [5, 5.41) is 0.0554. The van der Waals surface area contributed by atoms with Gasteiger partial charge in [0.2, 0.25) is 0 Å². The van der Waals surface area contributed by atoms with E-state index in [1.807, 2.05) is 42.5 Å². The maximum Gasteiger partial charge on any atom is 0.323 e. The van der Waals surface area contributed by atoms with Crippen molar-refractivity contribution in [3.63, 3.8) is 0 Å². The third-order valence-electron chi connectivity index (χ3n) is 3.11. The molecule has 0 saturated heterocycles. The summed E-state index contributed by atoms with van der Waals surface area (Å²) in [5.74, 6) is -0.369. The number of esters is 1. The van der Waals surface area contributed by atoms with Crippen LogP contribution in [-0.4, -0.2) is 19.4 Å². The lowest BCUT2D eigenvalue weighted by molar-refractivity contribution is -0.140. The second-order valence-corrected chi connectivity index (χ2v) is 6.19. The lowest BCUT2D eigenvalue weighted by atomic mass is 10.1. The number of benzene rings is 2. The number of carbonyl (C=O) groups is 2. The molecule has 0 amide bonds. The van der Waals surface area contributed by atoms with Gasteiger partial charge in [-0.25, -0.2) is 0 Å². The van der Waals surface area contributed by atoms with Crippen molar-refractivity contribution in [2.75, 3.05) is 7.11 Å². The quantitative estimate of drug-likeness (QED) is 0.438. The number of methoxy groups -OCH3 is 1. The highest BCUT2D eigenvalue weighted by molar-refractivity contribution is 8.09. The third-order valence-corrected chi connectivity index (χ3v) is 4.69. The Morgan fingerprint density at radius 1 is 1.13 bits per heavy atom. The molecule has 0 aliphatic heterocycles. The van der Waals surface area contributed by atoms with Crippen LogP contribution in [0.25, 0.3) is 4.91 Å². The fourth-order valence-corrected chi connectivity index (χ4v) is 3.27. The first-order chi connectivity index (χ1) is 11.2. The minimum Gasteiger partial charge on any atom is -0.468 e. The normalized spacial score (nSPS) is 12.5. The Labute approximate surface area is 144 Å². The minimum absolute atomic E-state index is 0.369. The van der Waals surface area contributed by atoms with Gasteiger partial charge in [-0.15, -0.1) is 11.8 Å². The molecule has 0 heterocycles. The summed E-state index contributed by atoms with van der Waals surface area (Å²) in [5.41, 5.74) is 1.63. The van der Waals surface area contributed by atoms with Crippen molar-refractivity contribution < 1.29 is 14.3 Å². The van der Waals surface area contributed by atoms with E-state index in [-0.39, 0.29) is 5.97 Å². The summed E-state index contributed by atoms with van der Waals surface area (Å²) in [7, 11) is 1.35.